The predicted molar refractivity (Wildman–Crippen MR) is 72.1 cm³/mol. The Morgan fingerprint density at radius 2 is 2.05 bits per heavy atom. The van der Waals surface area contributed by atoms with Gasteiger partial charge in [-0.3, -0.25) is 0 Å². The summed E-state index contributed by atoms with van der Waals surface area (Å²) in [4.78, 5) is 2.06. The van der Waals surface area contributed by atoms with Gasteiger partial charge in [0.1, 0.15) is 0 Å². The Balaban J connectivity index is 1.98. The normalized spacial score (nSPS) is 41.2. The van der Waals surface area contributed by atoms with Gasteiger partial charge in [-0.15, -0.1) is 0 Å². The molecule has 2 aliphatic heterocycles. The molecule has 7 heteroatoms. The van der Waals surface area contributed by atoms with E-state index in [1.54, 1.807) is 0 Å². The summed E-state index contributed by atoms with van der Waals surface area (Å²) < 4.78 is 6.28. The standard InChI is InChI=1S/C13H21N3O4/c1-12(15-5-7-20-8-6-15)9-13(17)10(14-18)3-2-4-11(13)16(12)19/h17-18H,2-9H2,1H3. The third kappa shape index (κ3) is 1.77. The van der Waals surface area contributed by atoms with E-state index in [1.807, 2.05) is 6.92 Å². The van der Waals surface area contributed by atoms with Crippen LogP contribution in [0.2, 0.25) is 0 Å². The van der Waals surface area contributed by atoms with E-state index in [9.17, 15) is 10.3 Å². The minimum absolute atomic E-state index is 0.248. The summed E-state index contributed by atoms with van der Waals surface area (Å²) in [7, 11) is 0. The molecule has 0 spiro atoms. The lowest BCUT2D eigenvalue weighted by Crippen LogP contribution is -2.56. The van der Waals surface area contributed by atoms with Crippen LogP contribution in [0.25, 0.3) is 0 Å². The minimum Gasteiger partial charge on any atom is -0.622 e. The molecule has 1 saturated heterocycles. The SMILES string of the molecule is CC1(N2CCOCC2)CC2(O)C(=NO)CCCC2=[N+]1[O-]. The average molecular weight is 283 g/mol. The molecular formula is C13H21N3O4. The molecule has 0 aromatic rings. The fraction of sp³-hybridized carbons (Fsp3) is 0.846. The third-order valence-corrected chi connectivity index (χ3v) is 4.87. The van der Waals surface area contributed by atoms with E-state index in [4.69, 9.17) is 9.94 Å². The third-order valence-electron chi connectivity index (χ3n) is 4.87. The highest BCUT2D eigenvalue weighted by atomic mass is 16.5. The van der Waals surface area contributed by atoms with E-state index in [-0.39, 0.29) is 6.42 Å². The molecule has 2 fully saturated rings. The van der Waals surface area contributed by atoms with E-state index < -0.39 is 11.3 Å². The van der Waals surface area contributed by atoms with Gasteiger partial charge in [0.2, 0.25) is 11.4 Å². The Hall–Kier alpha value is -1.18. The molecule has 3 aliphatic rings. The smallest absolute Gasteiger partial charge is 0.230 e. The van der Waals surface area contributed by atoms with Crippen molar-refractivity contribution in [1.82, 2.24) is 4.90 Å². The molecule has 7 nitrogen and oxygen atoms in total. The number of rotatable bonds is 1. The van der Waals surface area contributed by atoms with Crippen LogP contribution in [0, 0.1) is 5.21 Å². The van der Waals surface area contributed by atoms with Gasteiger partial charge in [-0.25, -0.2) is 4.90 Å². The van der Waals surface area contributed by atoms with E-state index in [2.05, 4.69) is 10.1 Å². The number of aliphatic hydroxyl groups is 1. The lowest BCUT2D eigenvalue weighted by atomic mass is 9.78. The van der Waals surface area contributed by atoms with E-state index >= 15 is 0 Å². The molecule has 0 aromatic heterocycles. The van der Waals surface area contributed by atoms with Crippen molar-refractivity contribution in [2.24, 2.45) is 5.16 Å². The van der Waals surface area contributed by atoms with Crippen molar-refractivity contribution < 1.29 is 19.8 Å². The topological polar surface area (TPSA) is 91.4 Å². The van der Waals surface area contributed by atoms with E-state index in [0.717, 1.165) is 11.2 Å². The van der Waals surface area contributed by atoms with E-state index in [0.29, 0.717) is 50.6 Å². The lowest BCUT2D eigenvalue weighted by Gasteiger charge is -2.38. The first-order valence-corrected chi connectivity index (χ1v) is 7.12. The molecule has 20 heavy (non-hydrogen) atoms. The highest BCUT2D eigenvalue weighted by molar-refractivity contribution is 6.15. The second-order valence-electron chi connectivity index (χ2n) is 5.99. The highest BCUT2D eigenvalue weighted by Gasteiger charge is 2.62. The van der Waals surface area contributed by atoms with Crippen LogP contribution in [0.5, 0.6) is 0 Å². The molecule has 2 N–H and O–H groups in total. The summed E-state index contributed by atoms with van der Waals surface area (Å²) >= 11 is 0. The van der Waals surface area contributed by atoms with Crippen LogP contribution in [0.15, 0.2) is 5.16 Å². The largest absolute Gasteiger partial charge is 0.622 e. The number of hydrogen-bond acceptors (Lipinski definition) is 6. The quantitative estimate of drug-likeness (QED) is 0.309. The summed E-state index contributed by atoms with van der Waals surface area (Å²) in [5.41, 5.74) is -1.43. The lowest BCUT2D eigenvalue weighted by molar-refractivity contribution is -0.572. The van der Waals surface area contributed by atoms with Gasteiger partial charge in [0, 0.05) is 26.4 Å². The molecule has 0 bridgehead atoms. The Bertz CT molecular complexity index is 472. The average Bonchev–Trinajstić information content (AvgIpc) is 2.68. The van der Waals surface area contributed by atoms with Crippen LogP contribution < -0.4 is 0 Å². The number of nitrogens with zero attached hydrogens (tertiary/aromatic N) is 3. The highest BCUT2D eigenvalue weighted by Crippen LogP contribution is 2.40. The van der Waals surface area contributed by atoms with Crippen molar-refractivity contribution in [2.75, 3.05) is 26.3 Å². The number of fused-ring (bicyclic) bond motifs is 1. The summed E-state index contributed by atoms with van der Waals surface area (Å²) in [6.45, 7) is 4.38. The maximum absolute atomic E-state index is 12.7. The Labute approximate surface area is 117 Å². The van der Waals surface area contributed by atoms with Crippen molar-refractivity contribution in [1.29, 1.82) is 0 Å². The monoisotopic (exact) mass is 283 g/mol. The fourth-order valence-electron chi connectivity index (χ4n) is 3.74. The fourth-order valence-corrected chi connectivity index (χ4v) is 3.74. The van der Waals surface area contributed by atoms with Crippen molar-refractivity contribution in [3.05, 3.63) is 5.21 Å². The van der Waals surface area contributed by atoms with Gasteiger partial charge in [0.25, 0.3) is 0 Å². The van der Waals surface area contributed by atoms with Crippen LogP contribution in [0.3, 0.4) is 0 Å². The Kier molecular flexibility index (Phi) is 3.23. The van der Waals surface area contributed by atoms with Gasteiger partial charge >= 0.3 is 0 Å². The Morgan fingerprint density at radius 1 is 1.35 bits per heavy atom. The van der Waals surface area contributed by atoms with Gasteiger partial charge < -0.3 is 20.3 Å². The molecule has 2 unspecified atom stereocenters. The van der Waals surface area contributed by atoms with Gasteiger partial charge in [-0.05, 0) is 12.8 Å². The molecule has 112 valence electrons. The van der Waals surface area contributed by atoms with Crippen LogP contribution >= 0.6 is 0 Å². The molecule has 0 aromatic carbocycles. The van der Waals surface area contributed by atoms with Gasteiger partial charge in [0.15, 0.2) is 5.60 Å². The molecule has 0 amide bonds. The van der Waals surface area contributed by atoms with Crippen LogP contribution in [0.1, 0.15) is 32.6 Å². The molecule has 0 radical (unpaired) electrons. The first-order valence-electron chi connectivity index (χ1n) is 7.12. The van der Waals surface area contributed by atoms with E-state index in [1.165, 1.54) is 0 Å². The summed E-state index contributed by atoms with van der Waals surface area (Å²) in [6, 6.07) is 0. The molecule has 2 atom stereocenters. The second-order valence-corrected chi connectivity index (χ2v) is 5.99. The molecular weight excluding hydrogens is 262 g/mol. The van der Waals surface area contributed by atoms with Crippen molar-refractivity contribution in [3.63, 3.8) is 0 Å². The first kappa shape index (κ1) is 13.8. The minimum atomic E-state index is -1.39. The number of ether oxygens (including phenoxy) is 1. The summed E-state index contributed by atoms with van der Waals surface area (Å²) in [6.07, 6.45) is 2.07. The molecule has 1 saturated carbocycles. The number of morpholine rings is 1. The Morgan fingerprint density at radius 3 is 2.70 bits per heavy atom. The van der Waals surface area contributed by atoms with Gasteiger partial charge in [0.05, 0.1) is 25.3 Å². The summed E-state index contributed by atoms with van der Waals surface area (Å²) in [5.74, 6) is 0. The van der Waals surface area contributed by atoms with Crippen LogP contribution in [-0.4, -0.2) is 68.9 Å². The zero-order valence-corrected chi connectivity index (χ0v) is 11.7. The summed E-state index contributed by atoms with van der Waals surface area (Å²) in [5, 5.41) is 36.0. The maximum Gasteiger partial charge on any atom is 0.230 e. The van der Waals surface area contributed by atoms with Crippen molar-refractivity contribution >= 4 is 11.4 Å². The van der Waals surface area contributed by atoms with Gasteiger partial charge in [-0.1, -0.05) is 5.16 Å². The van der Waals surface area contributed by atoms with Crippen molar-refractivity contribution in [3.8, 4) is 0 Å². The van der Waals surface area contributed by atoms with Gasteiger partial charge in [-0.2, -0.15) is 4.74 Å². The predicted octanol–water partition coefficient (Wildman–Crippen LogP) is 0.135. The molecule has 1 aliphatic carbocycles. The number of hydrogen-bond donors (Lipinski definition) is 2. The first-order chi connectivity index (χ1) is 9.52. The van der Waals surface area contributed by atoms with Crippen molar-refractivity contribution in [2.45, 2.75) is 43.9 Å². The number of oxime groups is 1. The molecule has 2 heterocycles. The molecule has 3 rings (SSSR count). The van der Waals surface area contributed by atoms with Crippen LogP contribution in [0.4, 0.5) is 0 Å². The zero-order chi connectivity index (χ0) is 14.4. The second kappa shape index (κ2) is 4.68. The van der Waals surface area contributed by atoms with Crippen LogP contribution in [-0.2, 0) is 4.74 Å². The maximum atomic E-state index is 12.7. The number of hydroxylamine groups is 1. The zero-order valence-electron chi connectivity index (χ0n) is 11.7.